The van der Waals surface area contributed by atoms with E-state index < -0.39 is 0 Å². The standard InChI is InChI=1S/C9H6BrNO/c10-7-3-1-2-6-4-5-11-9(12)8(6)7/h1-5H,(H,11,12). The molecule has 0 radical (unpaired) electrons. The molecule has 0 atom stereocenters. The molecule has 2 nitrogen and oxygen atoms in total. The van der Waals surface area contributed by atoms with Crippen LogP contribution >= 0.6 is 15.9 Å². The van der Waals surface area contributed by atoms with Crippen LogP contribution < -0.4 is 5.56 Å². The molecule has 0 amide bonds. The number of fused-ring (bicyclic) bond motifs is 1. The smallest absolute Gasteiger partial charge is 0.256 e. The molecule has 0 unspecified atom stereocenters. The number of H-pyrrole nitrogens is 1. The van der Waals surface area contributed by atoms with Gasteiger partial charge in [-0.05, 0) is 33.4 Å². The maximum atomic E-state index is 11.3. The number of hydrogen-bond donors (Lipinski definition) is 1. The quantitative estimate of drug-likeness (QED) is 0.731. The van der Waals surface area contributed by atoms with Gasteiger partial charge in [0, 0.05) is 10.7 Å². The van der Waals surface area contributed by atoms with Gasteiger partial charge in [-0.2, -0.15) is 0 Å². The monoisotopic (exact) mass is 223 g/mol. The number of benzene rings is 1. The largest absolute Gasteiger partial charge is 0.329 e. The van der Waals surface area contributed by atoms with Crippen molar-refractivity contribution in [1.82, 2.24) is 4.98 Å². The summed E-state index contributed by atoms with van der Waals surface area (Å²) in [7, 11) is 0. The Hall–Kier alpha value is -1.09. The minimum absolute atomic E-state index is 0.0556. The molecule has 0 fully saturated rings. The summed E-state index contributed by atoms with van der Waals surface area (Å²) < 4.78 is 0.835. The number of rotatable bonds is 0. The van der Waals surface area contributed by atoms with Crippen molar-refractivity contribution in [3.63, 3.8) is 0 Å². The topological polar surface area (TPSA) is 32.9 Å². The Morgan fingerprint density at radius 3 is 2.83 bits per heavy atom. The highest BCUT2D eigenvalue weighted by molar-refractivity contribution is 9.10. The Kier molecular flexibility index (Phi) is 1.73. The van der Waals surface area contributed by atoms with E-state index in [9.17, 15) is 4.79 Å². The van der Waals surface area contributed by atoms with Gasteiger partial charge in [0.2, 0.25) is 0 Å². The van der Waals surface area contributed by atoms with Gasteiger partial charge < -0.3 is 4.98 Å². The van der Waals surface area contributed by atoms with Crippen molar-refractivity contribution in [2.75, 3.05) is 0 Å². The molecule has 0 aliphatic heterocycles. The first kappa shape index (κ1) is 7.55. The van der Waals surface area contributed by atoms with E-state index in [1.165, 1.54) is 0 Å². The zero-order valence-corrected chi connectivity index (χ0v) is 7.76. The maximum absolute atomic E-state index is 11.3. The fourth-order valence-electron chi connectivity index (χ4n) is 1.20. The van der Waals surface area contributed by atoms with Crippen LogP contribution in [0.5, 0.6) is 0 Å². The van der Waals surface area contributed by atoms with Crippen molar-refractivity contribution in [2.45, 2.75) is 0 Å². The highest BCUT2D eigenvalue weighted by atomic mass is 79.9. The maximum Gasteiger partial charge on any atom is 0.256 e. The first-order valence-electron chi connectivity index (χ1n) is 3.55. The minimum atomic E-state index is -0.0556. The second-order valence-electron chi connectivity index (χ2n) is 2.51. The van der Waals surface area contributed by atoms with E-state index in [0.29, 0.717) is 5.39 Å². The molecule has 1 aromatic heterocycles. The lowest BCUT2D eigenvalue weighted by atomic mass is 10.2. The predicted octanol–water partition coefficient (Wildman–Crippen LogP) is 2.29. The van der Waals surface area contributed by atoms with Gasteiger partial charge in [-0.1, -0.05) is 12.1 Å². The molecule has 0 bridgehead atoms. The lowest BCUT2D eigenvalue weighted by Gasteiger charge is -1.96. The first-order valence-corrected chi connectivity index (χ1v) is 4.34. The summed E-state index contributed by atoms with van der Waals surface area (Å²) >= 11 is 3.33. The molecule has 12 heavy (non-hydrogen) atoms. The van der Waals surface area contributed by atoms with Crippen molar-refractivity contribution in [3.8, 4) is 0 Å². The van der Waals surface area contributed by atoms with Crippen LogP contribution in [0.2, 0.25) is 0 Å². The van der Waals surface area contributed by atoms with Gasteiger partial charge >= 0.3 is 0 Å². The summed E-state index contributed by atoms with van der Waals surface area (Å²) in [5.41, 5.74) is -0.0556. The Morgan fingerprint density at radius 1 is 1.25 bits per heavy atom. The lowest BCUT2D eigenvalue weighted by Crippen LogP contribution is -2.04. The molecular formula is C9H6BrNO. The van der Waals surface area contributed by atoms with E-state index in [2.05, 4.69) is 20.9 Å². The number of aromatic nitrogens is 1. The van der Waals surface area contributed by atoms with E-state index >= 15 is 0 Å². The Labute approximate surface area is 77.4 Å². The molecule has 3 heteroatoms. The van der Waals surface area contributed by atoms with Gasteiger partial charge in [0.15, 0.2) is 0 Å². The van der Waals surface area contributed by atoms with Crippen molar-refractivity contribution < 1.29 is 0 Å². The SMILES string of the molecule is O=c1[nH]ccc2cccc(Br)c12. The minimum Gasteiger partial charge on any atom is -0.329 e. The van der Waals surface area contributed by atoms with Crippen molar-refractivity contribution in [3.05, 3.63) is 45.3 Å². The highest BCUT2D eigenvalue weighted by Gasteiger charge is 1.99. The molecule has 0 spiro atoms. The lowest BCUT2D eigenvalue weighted by molar-refractivity contribution is 1.27. The van der Waals surface area contributed by atoms with Gasteiger partial charge in [-0.3, -0.25) is 4.79 Å². The predicted molar refractivity (Wildman–Crippen MR) is 52.3 cm³/mol. The highest BCUT2D eigenvalue weighted by Crippen LogP contribution is 2.18. The molecule has 0 aliphatic rings. The van der Waals surface area contributed by atoms with E-state index in [1.807, 2.05) is 24.3 Å². The van der Waals surface area contributed by atoms with Crippen LogP contribution in [0.15, 0.2) is 39.7 Å². The van der Waals surface area contributed by atoms with Crippen LogP contribution in [0.4, 0.5) is 0 Å². The van der Waals surface area contributed by atoms with E-state index in [4.69, 9.17) is 0 Å². The molecule has 60 valence electrons. The van der Waals surface area contributed by atoms with Gasteiger partial charge in [0.05, 0.1) is 5.39 Å². The Bertz CT molecular complexity index is 470. The van der Waals surface area contributed by atoms with Crippen molar-refractivity contribution >= 4 is 26.7 Å². The van der Waals surface area contributed by atoms with Gasteiger partial charge in [-0.25, -0.2) is 0 Å². The molecule has 0 saturated heterocycles. The van der Waals surface area contributed by atoms with Crippen LogP contribution in [0.3, 0.4) is 0 Å². The Morgan fingerprint density at radius 2 is 2.08 bits per heavy atom. The molecule has 1 aromatic carbocycles. The van der Waals surface area contributed by atoms with Crippen LogP contribution in [0, 0.1) is 0 Å². The molecular weight excluding hydrogens is 218 g/mol. The fourth-order valence-corrected chi connectivity index (χ4v) is 1.76. The second kappa shape index (κ2) is 2.75. The number of hydrogen-bond acceptors (Lipinski definition) is 1. The summed E-state index contributed by atoms with van der Waals surface area (Å²) in [5, 5.41) is 1.66. The van der Waals surface area contributed by atoms with Crippen LogP contribution in [0.1, 0.15) is 0 Å². The zero-order chi connectivity index (χ0) is 8.55. The first-order chi connectivity index (χ1) is 5.79. The average molecular weight is 224 g/mol. The number of pyridine rings is 1. The number of nitrogens with one attached hydrogen (secondary N) is 1. The van der Waals surface area contributed by atoms with E-state index in [1.54, 1.807) is 6.20 Å². The summed E-state index contributed by atoms with van der Waals surface area (Å²) in [4.78, 5) is 13.9. The van der Waals surface area contributed by atoms with Gasteiger partial charge in [0.25, 0.3) is 5.56 Å². The third kappa shape index (κ3) is 1.06. The van der Waals surface area contributed by atoms with E-state index in [-0.39, 0.29) is 5.56 Å². The summed E-state index contributed by atoms with van der Waals surface area (Å²) in [6, 6.07) is 7.56. The van der Waals surface area contributed by atoms with E-state index in [0.717, 1.165) is 9.86 Å². The zero-order valence-electron chi connectivity index (χ0n) is 6.17. The third-order valence-electron chi connectivity index (χ3n) is 1.75. The van der Waals surface area contributed by atoms with Crippen LogP contribution in [-0.2, 0) is 0 Å². The molecule has 0 aliphatic carbocycles. The van der Waals surface area contributed by atoms with Crippen molar-refractivity contribution in [1.29, 1.82) is 0 Å². The average Bonchev–Trinajstić information content (AvgIpc) is 2.04. The molecule has 1 N–H and O–H groups in total. The molecule has 0 saturated carbocycles. The second-order valence-corrected chi connectivity index (χ2v) is 3.37. The molecule has 2 aromatic rings. The molecule has 2 rings (SSSR count). The van der Waals surface area contributed by atoms with Crippen molar-refractivity contribution in [2.24, 2.45) is 0 Å². The number of halogens is 1. The summed E-state index contributed by atoms with van der Waals surface area (Å²) in [6.45, 7) is 0. The van der Waals surface area contributed by atoms with Crippen LogP contribution in [0.25, 0.3) is 10.8 Å². The van der Waals surface area contributed by atoms with Crippen LogP contribution in [-0.4, -0.2) is 4.98 Å². The third-order valence-corrected chi connectivity index (χ3v) is 2.41. The molecule has 1 heterocycles. The normalized spacial score (nSPS) is 10.4. The van der Waals surface area contributed by atoms with Gasteiger partial charge in [-0.15, -0.1) is 0 Å². The summed E-state index contributed by atoms with van der Waals surface area (Å²) in [5.74, 6) is 0. The number of aromatic amines is 1. The van der Waals surface area contributed by atoms with Gasteiger partial charge in [0.1, 0.15) is 0 Å². The summed E-state index contributed by atoms with van der Waals surface area (Å²) in [6.07, 6.45) is 1.65. The Balaban J connectivity index is 3.07. The fraction of sp³-hybridized carbons (Fsp3) is 0.